The molecule has 2 aromatic rings. The van der Waals surface area contributed by atoms with Crippen molar-refractivity contribution in [3.63, 3.8) is 0 Å². The van der Waals surface area contributed by atoms with Gasteiger partial charge in [-0.25, -0.2) is 0 Å². The Morgan fingerprint density at radius 2 is 1.39 bits per heavy atom. The Hall–Kier alpha value is -2.09. The van der Waals surface area contributed by atoms with E-state index in [0.29, 0.717) is 6.42 Å². The van der Waals surface area contributed by atoms with Gasteiger partial charge in [0.2, 0.25) is 0 Å². The summed E-state index contributed by atoms with van der Waals surface area (Å²) in [5.41, 5.74) is 2.23. The van der Waals surface area contributed by atoms with Gasteiger partial charge in [0.25, 0.3) is 0 Å². The predicted molar refractivity (Wildman–Crippen MR) is 69.1 cm³/mol. The van der Waals surface area contributed by atoms with E-state index in [4.69, 9.17) is 4.74 Å². The van der Waals surface area contributed by atoms with Crippen LogP contribution in [-0.2, 0) is 9.53 Å². The summed E-state index contributed by atoms with van der Waals surface area (Å²) in [4.78, 5) is 11.6. The fraction of sp³-hybridized carbons (Fsp3) is 0.188. The largest absolute Gasteiger partial charge is 0.457 e. The molecule has 0 aliphatic carbocycles. The maximum Gasteiger partial charge on any atom is 0.307 e. The molecule has 0 amide bonds. The first-order valence-electron chi connectivity index (χ1n) is 6.14. The zero-order valence-corrected chi connectivity index (χ0v) is 9.95. The minimum atomic E-state index is -0.152. The highest BCUT2D eigenvalue weighted by Crippen LogP contribution is 2.41. The third kappa shape index (κ3) is 2.02. The number of carbonyl (C=O) groups excluding carboxylic acids is 1. The maximum atomic E-state index is 11.6. The van der Waals surface area contributed by atoms with Crippen LogP contribution in [0.15, 0.2) is 60.7 Å². The van der Waals surface area contributed by atoms with E-state index in [9.17, 15) is 4.79 Å². The first-order chi connectivity index (χ1) is 8.84. The lowest BCUT2D eigenvalue weighted by molar-refractivity contribution is -0.141. The lowest BCUT2D eigenvalue weighted by Gasteiger charge is -2.18. The second-order valence-corrected chi connectivity index (χ2v) is 4.54. The molecule has 1 saturated heterocycles. The lowest BCUT2D eigenvalue weighted by atomic mass is 9.89. The average molecular weight is 238 g/mol. The molecule has 3 rings (SSSR count). The topological polar surface area (TPSA) is 26.3 Å². The number of rotatable bonds is 2. The molecular weight excluding hydrogens is 224 g/mol. The minimum absolute atomic E-state index is 0.113. The Kier molecular flexibility index (Phi) is 2.85. The van der Waals surface area contributed by atoms with Gasteiger partial charge in [0.05, 0.1) is 6.42 Å². The van der Waals surface area contributed by atoms with Gasteiger partial charge < -0.3 is 4.74 Å². The van der Waals surface area contributed by atoms with E-state index in [0.717, 1.165) is 11.1 Å². The van der Waals surface area contributed by atoms with Gasteiger partial charge in [-0.2, -0.15) is 0 Å². The molecule has 0 spiro atoms. The van der Waals surface area contributed by atoms with Gasteiger partial charge in [-0.3, -0.25) is 4.79 Å². The van der Waals surface area contributed by atoms with Gasteiger partial charge in [0.15, 0.2) is 0 Å². The molecule has 2 heteroatoms. The van der Waals surface area contributed by atoms with Crippen LogP contribution in [0.3, 0.4) is 0 Å². The van der Waals surface area contributed by atoms with Crippen molar-refractivity contribution < 1.29 is 9.53 Å². The summed E-state index contributed by atoms with van der Waals surface area (Å²) < 4.78 is 5.48. The first-order valence-corrected chi connectivity index (χ1v) is 6.14. The molecule has 1 unspecified atom stereocenters. The van der Waals surface area contributed by atoms with E-state index in [-0.39, 0.29) is 18.0 Å². The van der Waals surface area contributed by atoms with Crippen molar-refractivity contribution in [2.75, 3.05) is 0 Å². The molecule has 90 valence electrons. The van der Waals surface area contributed by atoms with Crippen molar-refractivity contribution in [1.29, 1.82) is 0 Å². The molecule has 0 saturated carbocycles. The van der Waals surface area contributed by atoms with Crippen LogP contribution in [0.4, 0.5) is 0 Å². The van der Waals surface area contributed by atoms with Crippen LogP contribution in [0.1, 0.15) is 29.6 Å². The molecule has 2 nitrogen and oxygen atoms in total. The summed E-state index contributed by atoms with van der Waals surface area (Å²) in [5, 5.41) is 0. The van der Waals surface area contributed by atoms with Gasteiger partial charge in [-0.15, -0.1) is 0 Å². The molecule has 0 N–H and O–H groups in total. The SMILES string of the molecule is O=C1C[C@H](c2ccccc2)C(c2ccccc2)O1. The fourth-order valence-corrected chi connectivity index (χ4v) is 2.49. The van der Waals surface area contributed by atoms with Gasteiger partial charge in [0, 0.05) is 5.92 Å². The van der Waals surface area contributed by atoms with Crippen molar-refractivity contribution in [3.8, 4) is 0 Å². The second kappa shape index (κ2) is 4.65. The van der Waals surface area contributed by atoms with Crippen LogP contribution in [0.5, 0.6) is 0 Å². The molecule has 0 aromatic heterocycles. The number of ether oxygens (including phenoxy) is 1. The summed E-state index contributed by atoms with van der Waals surface area (Å²) in [5.74, 6) is 0.0128. The molecule has 2 atom stereocenters. The van der Waals surface area contributed by atoms with Crippen LogP contribution in [-0.4, -0.2) is 5.97 Å². The number of hydrogen-bond acceptors (Lipinski definition) is 2. The molecule has 1 aliphatic rings. The maximum absolute atomic E-state index is 11.6. The number of esters is 1. The first kappa shape index (κ1) is 11.0. The second-order valence-electron chi connectivity index (χ2n) is 4.54. The third-order valence-corrected chi connectivity index (χ3v) is 3.37. The van der Waals surface area contributed by atoms with E-state index in [1.165, 1.54) is 0 Å². The van der Waals surface area contributed by atoms with Gasteiger partial charge in [0.1, 0.15) is 6.10 Å². The van der Waals surface area contributed by atoms with Crippen LogP contribution in [0, 0.1) is 0 Å². The van der Waals surface area contributed by atoms with Crippen molar-refractivity contribution in [2.24, 2.45) is 0 Å². The van der Waals surface area contributed by atoms with Crippen molar-refractivity contribution in [3.05, 3.63) is 71.8 Å². The van der Waals surface area contributed by atoms with E-state index in [1.807, 2.05) is 48.5 Å². The lowest BCUT2D eigenvalue weighted by Crippen LogP contribution is -2.05. The highest BCUT2D eigenvalue weighted by Gasteiger charge is 2.36. The Labute approximate surface area is 106 Å². The molecular formula is C16H14O2. The summed E-state index contributed by atoms with van der Waals surface area (Å²) >= 11 is 0. The Bertz CT molecular complexity index is 484. The molecule has 1 aliphatic heterocycles. The van der Waals surface area contributed by atoms with E-state index < -0.39 is 0 Å². The van der Waals surface area contributed by atoms with Crippen LogP contribution >= 0.6 is 0 Å². The Morgan fingerprint density at radius 1 is 0.833 bits per heavy atom. The zero-order valence-electron chi connectivity index (χ0n) is 9.95. The number of hydrogen-bond donors (Lipinski definition) is 0. The van der Waals surface area contributed by atoms with Crippen LogP contribution < -0.4 is 0 Å². The number of cyclic esters (lactones) is 1. The van der Waals surface area contributed by atoms with E-state index in [2.05, 4.69) is 12.1 Å². The van der Waals surface area contributed by atoms with Crippen molar-refractivity contribution in [1.82, 2.24) is 0 Å². The van der Waals surface area contributed by atoms with Gasteiger partial charge >= 0.3 is 5.97 Å². The molecule has 1 fully saturated rings. The summed E-state index contributed by atoms with van der Waals surface area (Å²) in [6, 6.07) is 20.0. The standard InChI is InChI=1S/C16H14O2/c17-15-11-14(12-7-3-1-4-8-12)16(18-15)13-9-5-2-6-10-13/h1-10,14,16H,11H2/t14-,16?/m1/s1. The highest BCUT2D eigenvalue weighted by atomic mass is 16.5. The fourth-order valence-electron chi connectivity index (χ4n) is 2.49. The van der Waals surface area contributed by atoms with Crippen LogP contribution in [0.2, 0.25) is 0 Å². The molecule has 0 bridgehead atoms. The average Bonchev–Trinajstić information content (AvgIpc) is 2.83. The molecule has 18 heavy (non-hydrogen) atoms. The Balaban J connectivity index is 1.96. The van der Waals surface area contributed by atoms with Gasteiger partial charge in [-0.1, -0.05) is 60.7 Å². The number of carbonyl (C=O) groups is 1. The molecule has 1 heterocycles. The van der Waals surface area contributed by atoms with Crippen LogP contribution in [0.25, 0.3) is 0 Å². The highest BCUT2D eigenvalue weighted by molar-refractivity contribution is 5.74. The number of benzene rings is 2. The van der Waals surface area contributed by atoms with E-state index in [1.54, 1.807) is 0 Å². The zero-order chi connectivity index (χ0) is 12.4. The van der Waals surface area contributed by atoms with Crippen molar-refractivity contribution in [2.45, 2.75) is 18.4 Å². The summed E-state index contributed by atoms with van der Waals surface area (Å²) in [6.07, 6.45) is 0.310. The Morgan fingerprint density at radius 3 is 2.00 bits per heavy atom. The normalized spacial score (nSPS) is 22.8. The molecule has 0 radical (unpaired) electrons. The third-order valence-electron chi connectivity index (χ3n) is 3.37. The predicted octanol–water partition coefficient (Wildman–Crippen LogP) is 3.46. The smallest absolute Gasteiger partial charge is 0.307 e. The van der Waals surface area contributed by atoms with E-state index >= 15 is 0 Å². The summed E-state index contributed by atoms with van der Waals surface area (Å²) in [6.45, 7) is 0. The van der Waals surface area contributed by atoms with Gasteiger partial charge in [-0.05, 0) is 11.1 Å². The quantitative estimate of drug-likeness (QED) is 0.749. The summed E-state index contributed by atoms with van der Waals surface area (Å²) in [7, 11) is 0. The monoisotopic (exact) mass is 238 g/mol. The molecule has 2 aromatic carbocycles. The minimum Gasteiger partial charge on any atom is -0.457 e. The van der Waals surface area contributed by atoms with Crippen molar-refractivity contribution >= 4 is 5.97 Å².